The van der Waals surface area contributed by atoms with E-state index in [-0.39, 0.29) is 0 Å². The van der Waals surface area contributed by atoms with Crippen molar-refractivity contribution in [3.63, 3.8) is 0 Å². The summed E-state index contributed by atoms with van der Waals surface area (Å²) < 4.78 is 5.31. The Morgan fingerprint density at radius 3 is 2.48 bits per heavy atom. The molecule has 1 aliphatic rings. The SMILES string of the molecule is CCNC(=NCC1(O)CCOCC1)NCCCCCCC(C)C. The van der Waals surface area contributed by atoms with Crippen LogP contribution in [0.25, 0.3) is 0 Å². The molecule has 3 N–H and O–H groups in total. The molecule has 0 radical (unpaired) electrons. The fourth-order valence-corrected chi connectivity index (χ4v) is 2.72. The number of rotatable bonds is 10. The van der Waals surface area contributed by atoms with Crippen LogP contribution in [0.3, 0.4) is 0 Å². The normalized spacial score (nSPS) is 18.2. The fourth-order valence-electron chi connectivity index (χ4n) is 2.72. The Kier molecular flexibility index (Phi) is 10.3. The van der Waals surface area contributed by atoms with Gasteiger partial charge in [-0.05, 0) is 19.3 Å². The summed E-state index contributed by atoms with van der Waals surface area (Å²) in [7, 11) is 0. The van der Waals surface area contributed by atoms with Crippen LogP contribution in [0.15, 0.2) is 4.99 Å². The second kappa shape index (κ2) is 11.7. The van der Waals surface area contributed by atoms with Gasteiger partial charge < -0.3 is 20.5 Å². The van der Waals surface area contributed by atoms with Gasteiger partial charge in [0.1, 0.15) is 0 Å². The number of nitrogens with zero attached hydrogens (tertiary/aromatic N) is 1. The van der Waals surface area contributed by atoms with E-state index in [1.54, 1.807) is 0 Å². The lowest BCUT2D eigenvalue weighted by Crippen LogP contribution is -2.42. The highest BCUT2D eigenvalue weighted by Crippen LogP contribution is 2.20. The molecule has 5 heteroatoms. The molecule has 1 rings (SSSR count). The maximum Gasteiger partial charge on any atom is 0.191 e. The second-order valence-electron chi connectivity index (χ2n) is 7.06. The van der Waals surface area contributed by atoms with Crippen molar-refractivity contribution in [3.05, 3.63) is 0 Å². The van der Waals surface area contributed by atoms with Gasteiger partial charge in [-0.15, -0.1) is 0 Å². The van der Waals surface area contributed by atoms with Crippen molar-refractivity contribution in [2.24, 2.45) is 10.9 Å². The second-order valence-corrected chi connectivity index (χ2v) is 7.06. The topological polar surface area (TPSA) is 65.9 Å². The van der Waals surface area contributed by atoms with Gasteiger partial charge in [0.2, 0.25) is 0 Å². The smallest absolute Gasteiger partial charge is 0.191 e. The van der Waals surface area contributed by atoms with E-state index < -0.39 is 5.60 Å². The van der Waals surface area contributed by atoms with Gasteiger partial charge in [-0.25, -0.2) is 0 Å². The average molecular weight is 328 g/mol. The van der Waals surface area contributed by atoms with E-state index in [0.717, 1.165) is 25.0 Å². The van der Waals surface area contributed by atoms with Gasteiger partial charge in [0.25, 0.3) is 0 Å². The Labute approximate surface area is 142 Å². The third kappa shape index (κ3) is 9.82. The quantitative estimate of drug-likeness (QED) is 0.328. The number of guanidine groups is 1. The number of nitrogens with one attached hydrogen (secondary N) is 2. The first-order chi connectivity index (χ1) is 11.1. The molecule has 0 bridgehead atoms. The van der Waals surface area contributed by atoms with Crippen LogP contribution < -0.4 is 10.6 Å². The average Bonchev–Trinajstić information content (AvgIpc) is 2.52. The van der Waals surface area contributed by atoms with Crippen LogP contribution in [0.4, 0.5) is 0 Å². The summed E-state index contributed by atoms with van der Waals surface area (Å²) in [5, 5.41) is 17.1. The van der Waals surface area contributed by atoms with Crippen molar-refractivity contribution >= 4 is 5.96 Å². The zero-order valence-electron chi connectivity index (χ0n) is 15.4. The van der Waals surface area contributed by atoms with Crippen LogP contribution in [0.2, 0.25) is 0 Å². The lowest BCUT2D eigenvalue weighted by molar-refractivity contribution is -0.0565. The molecule has 0 spiro atoms. The summed E-state index contributed by atoms with van der Waals surface area (Å²) in [6.45, 7) is 10.1. The lowest BCUT2D eigenvalue weighted by Gasteiger charge is -2.30. The fraction of sp³-hybridized carbons (Fsp3) is 0.944. The van der Waals surface area contributed by atoms with Crippen molar-refractivity contribution in [1.82, 2.24) is 10.6 Å². The van der Waals surface area contributed by atoms with Crippen LogP contribution in [0, 0.1) is 5.92 Å². The van der Waals surface area contributed by atoms with E-state index in [1.165, 1.54) is 32.1 Å². The summed E-state index contributed by atoms with van der Waals surface area (Å²) in [5.74, 6) is 1.63. The number of hydrogen-bond acceptors (Lipinski definition) is 3. The minimum atomic E-state index is -0.697. The van der Waals surface area contributed by atoms with Gasteiger partial charge >= 0.3 is 0 Å². The van der Waals surface area contributed by atoms with Crippen molar-refractivity contribution in [2.45, 2.75) is 71.3 Å². The van der Waals surface area contributed by atoms with Crippen LogP contribution in [-0.4, -0.2) is 49.5 Å². The van der Waals surface area contributed by atoms with E-state index in [0.29, 0.717) is 32.6 Å². The molecule has 1 fully saturated rings. The van der Waals surface area contributed by atoms with Crippen LogP contribution in [0.1, 0.15) is 65.7 Å². The van der Waals surface area contributed by atoms with Crippen molar-refractivity contribution in [3.8, 4) is 0 Å². The first-order valence-corrected chi connectivity index (χ1v) is 9.38. The zero-order chi connectivity index (χ0) is 17.0. The molecule has 23 heavy (non-hydrogen) atoms. The number of hydrogen-bond donors (Lipinski definition) is 3. The molecule has 0 saturated carbocycles. The van der Waals surface area contributed by atoms with Crippen molar-refractivity contribution in [1.29, 1.82) is 0 Å². The molecule has 1 saturated heterocycles. The third-order valence-corrected chi connectivity index (χ3v) is 4.30. The number of unbranched alkanes of at least 4 members (excludes halogenated alkanes) is 3. The molecule has 1 aliphatic heterocycles. The lowest BCUT2D eigenvalue weighted by atomic mass is 9.95. The van der Waals surface area contributed by atoms with Gasteiger partial charge in [0, 0.05) is 39.1 Å². The highest BCUT2D eigenvalue weighted by molar-refractivity contribution is 5.79. The number of ether oxygens (including phenoxy) is 1. The van der Waals surface area contributed by atoms with E-state index in [1.807, 2.05) is 0 Å². The van der Waals surface area contributed by atoms with Crippen molar-refractivity contribution < 1.29 is 9.84 Å². The van der Waals surface area contributed by atoms with E-state index in [9.17, 15) is 5.11 Å². The largest absolute Gasteiger partial charge is 0.388 e. The first-order valence-electron chi connectivity index (χ1n) is 9.38. The highest BCUT2D eigenvalue weighted by Gasteiger charge is 2.29. The summed E-state index contributed by atoms with van der Waals surface area (Å²) in [5.41, 5.74) is -0.697. The Hall–Kier alpha value is -0.810. The summed E-state index contributed by atoms with van der Waals surface area (Å²) in [6, 6.07) is 0. The molecular weight excluding hydrogens is 290 g/mol. The van der Waals surface area contributed by atoms with Gasteiger partial charge in [-0.1, -0.05) is 39.5 Å². The molecule has 0 aliphatic carbocycles. The van der Waals surface area contributed by atoms with Gasteiger partial charge in [0.15, 0.2) is 5.96 Å². The molecule has 0 aromatic carbocycles. The molecule has 0 aromatic heterocycles. The third-order valence-electron chi connectivity index (χ3n) is 4.30. The van der Waals surface area contributed by atoms with Crippen LogP contribution >= 0.6 is 0 Å². The van der Waals surface area contributed by atoms with E-state index in [2.05, 4.69) is 36.4 Å². The van der Waals surface area contributed by atoms with Gasteiger partial charge in [-0.2, -0.15) is 0 Å². The number of aliphatic imine (C=N–C) groups is 1. The molecule has 0 amide bonds. The Balaban J connectivity index is 2.21. The Bertz CT molecular complexity index is 326. The van der Waals surface area contributed by atoms with Crippen LogP contribution in [0.5, 0.6) is 0 Å². The first kappa shape index (κ1) is 20.2. The summed E-state index contributed by atoms with van der Waals surface area (Å²) in [4.78, 5) is 4.55. The molecule has 1 heterocycles. The predicted molar refractivity (Wildman–Crippen MR) is 96.9 cm³/mol. The maximum atomic E-state index is 10.5. The van der Waals surface area contributed by atoms with Crippen LogP contribution in [-0.2, 0) is 4.74 Å². The maximum absolute atomic E-state index is 10.5. The highest BCUT2D eigenvalue weighted by atomic mass is 16.5. The minimum absolute atomic E-state index is 0.445. The predicted octanol–water partition coefficient (Wildman–Crippen LogP) is 2.69. The standard InChI is InChI=1S/C18H37N3O2/c1-4-19-17(20-12-8-6-5-7-9-16(2)3)21-15-18(22)10-13-23-14-11-18/h16,22H,4-15H2,1-3H3,(H2,19,20,21). The zero-order valence-corrected chi connectivity index (χ0v) is 15.4. The molecule has 0 atom stereocenters. The van der Waals surface area contributed by atoms with Gasteiger partial charge in [0.05, 0.1) is 12.1 Å². The minimum Gasteiger partial charge on any atom is -0.388 e. The van der Waals surface area contributed by atoms with E-state index in [4.69, 9.17) is 4.74 Å². The summed E-state index contributed by atoms with van der Waals surface area (Å²) in [6.07, 6.45) is 7.76. The van der Waals surface area contributed by atoms with Crippen molar-refractivity contribution in [2.75, 3.05) is 32.8 Å². The molecular formula is C18H37N3O2. The molecule has 136 valence electrons. The summed E-state index contributed by atoms with van der Waals surface area (Å²) >= 11 is 0. The Morgan fingerprint density at radius 2 is 1.83 bits per heavy atom. The Morgan fingerprint density at radius 1 is 1.13 bits per heavy atom. The molecule has 0 aromatic rings. The monoisotopic (exact) mass is 327 g/mol. The molecule has 0 unspecified atom stereocenters. The number of aliphatic hydroxyl groups is 1. The van der Waals surface area contributed by atoms with Gasteiger partial charge in [-0.3, -0.25) is 4.99 Å². The molecule has 5 nitrogen and oxygen atoms in total. The van der Waals surface area contributed by atoms with E-state index >= 15 is 0 Å².